The molecule has 0 unspecified atom stereocenters. The van der Waals surface area contributed by atoms with E-state index in [1.807, 2.05) is 18.4 Å². The van der Waals surface area contributed by atoms with Crippen molar-refractivity contribution < 1.29 is 17.7 Å². The maximum Gasteiger partial charge on any atom is 0.243 e. The molecule has 0 fully saturated rings. The molecule has 174 valence electrons. The Morgan fingerprint density at radius 2 is 1.97 bits per heavy atom. The minimum Gasteiger partial charge on any atom is -0.338 e. The van der Waals surface area contributed by atoms with Gasteiger partial charge in [-0.2, -0.15) is 4.31 Å². The fourth-order valence-corrected chi connectivity index (χ4v) is 5.65. The number of amides is 1. The van der Waals surface area contributed by atoms with Crippen LogP contribution in [0, 0.1) is 6.92 Å². The van der Waals surface area contributed by atoms with Crippen molar-refractivity contribution in [1.82, 2.24) is 19.0 Å². The van der Waals surface area contributed by atoms with Gasteiger partial charge in [0.25, 0.3) is 0 Å². The fraction of sp³-hybridized carbons (Fsp3) is 0.476. The first-order valence-corrected chi connectivity index (χ1v) is 13.1. The summed E-state index contributed by atoms with van der Waals surface area (Å²) in [6.45, 7) is 9.07. The number of hydrogen-bond acceptors (Lipinski definition) is 7. The number of rotatable bonds is 11. The largest absolute Gasteiger partial charge is 0.338 e. The van der Waals surface area contributed by atoms with Crippen LogP contribution < -0.4 is 5.32 Å². The Balaban J connectivity index is 1.86. The number of hydrogen-bond donors (Lipinski definition) is 1. The van der Waals surface area contributed by atoms with E-state index in [0.29, 0.717) is 35.3 Å². The third kappa shape index (κ3) is 5.33. The number of fused-ring (bicyclic) bond motifs is 1. The van der Waals surface area contributed by atoms with Crippen molar-refractivity contribution >= 4 is 44.6 Å². The van der Waals surface area contributed by atoms with Crippen molar-refractivity contribution in [3.63, 3.8) is 0 Å². The number of anilines is 1. The summed E-state index contributed by atoms with van der Waals surface area (Å²) in [7, 11) is -3.57. The lowest BCUT2D eigenvalue weighted by molar-refractivity contribution is -0.113. The molecule has 1 aromatic carbocycles. The lowest BCUT2D eigenvalue weighted by atomic mass is 10.3. The van der Waals surface area contributed by atoms with E-state index < -0.39 is 10.0 Å². The minimum atomic E-state index is -3.57. The van der Waals surface area contributed by atoms with Crippen molar-refractivity contribution in [3.05, 3.63) is 30.0 Å². The van der Waals surface area contributed by atoms with Gasteiger partial charge in [0.15, 0.2) is 5.16 Å². The fourth-order valence-electron chi connectivity index (χ4n) is 3.33. The van der Waals surface area contributed by atoms with Crippen molar-refractivity contribution in [2.24, 2.45) is 0 Å². The Morgan fingerprint density at radius 1 is 1.22 bits per heavy atom. The van der Waals surface area contributed by atoms with E-state index in [9.17, 15) is 13.2 Å². The Bertz CT molecular complexity index is 1180. The highest BCUT2D eigenvalue weighted by Crippen LogP contribution is 2.28. The number of nitrogens with zero attached hydrogens (tertiary/aromatic N) is 4. The summed E-state index contributed by atoms with van der Waals surface area (Å²) >= 11 is 1.30. The van der Waals surface area contributed by atoms with Crippen molar-refractivity contribution in [3.8, 4) is 0 Å². The topological polar surface area (TPSA) is 110 Å². The number of aryl methyl sites for hydroxylation is 2. The molecule has 0 radical (unpaired) electrons. The van der Waals surface area contributed by atoms with Crippen LogP contribution in [0.5, 0.6) is 0 Å². The van der Waals surface area contributed by atoms with E-state index in [0.717, 1.165) is 24.9 Å². The maximum absolute atomic E-state index is 12.9. The molecule has 1 amide bonds. The quantitative estimate of drug-likeness (QED) is 0.415. The number of imidazole rings is 1. The van der Waals surface area contributed by atoms with Gasteiger partial charge in [0, 0.05) is 25.7 Å². The second kappa shape index (κ2) is 10.5. The van der Waals surface area contributed by atoms with Gasteiger partial charge in [-0.1, -0.05) is 44.1 Å². The van der Waals surface area contributed by atoms with Crippen molar-refractivity contribution in [2.75, 3.05) is 24.2 Å². The first-order valence-electron chi connectivity index (χ1n) is 10.7. The van der Waals surface area contributed by atoms with Crippen LogP contribution in [0.15, 0.2) is 38.8 Å². The Kier molecular flexibility index (Phi) is 7.96. The molecular weight excluding hydrogens is 450 g/mol. The van der Waals surface area contributed by atoms with Crippen LogP contribution >= 0.6 is 11.8 Å². The first kappa shape index (κ1) is 24.3. The molecule has 0 aliphatic heterocycles. The third-order valence-corrected chi connectivity index (χ3v) is 8.01. The SMILES string of the molecule is CCCCn1c(SCC(=O)Nc2cc(C)no2)nc2cc(S(=O)(=O)N(CC)CC)ccc21. The van der Waals surface area contributed by atoms with Gasteiger partial charge in [0.05, 0.1) is 27.4 Å². The summed E-state index contributed by atoms with van der Waals surface area (Å²) in [4.78, 5) is 17.2. The predicted octanol–water partition coefficient (Wildman–Crippen LogP) is 3.89. The van der Waals surface area contributed by atoms with Gasteiger partial charge in [0.2, 0.25) is 21.8 Å². The highest BCUT2D eigenvalue weighted by Gasteiger charge is 2.23. The van der Waals surface area contributed by atoms with Crippen LogP contribution in [0.25, 0.3) is 11.0 Å². The van der Waals surface area contributed by atoms with E-state index >= 15 is 0 Å². The summed E-state index contributed by atoms with van der Waals surface area (Å²) in [5, 5.41) is 7.10. The molecule has 3 rings (SSSR count). The van der Waals surface area contributed by atoms with Crippen molar-refractivity contribution in [1.29, 1.82) is 0 Å². The zero-order valence-electron chi connectivity index (χ0n) is 18.8. The number of carbonyl (C=O) groups is 1. The summed E-state index contributed by atoms with van der Waals surface area (Å²) in [5.41, 5.74) is 2.14. The number of thioether (sulfide) groups is 1. The Hall–Kier alpha value is -2.37. The molecule has 1 N–H and O–H groups in total. The van der Waals surface area contributed by atoms with Crippen LogP contribution in [0.3, 0.4) is 0 Å². The van der Waals surface area contributed by atoms with Gasteiger partial charge in [-0.25, -0.2) is 13.4 Å². The Labute approximate surface area is 192 Å². The van der Waals surface area contributed by atoms with Gasteiger partial charge in [-0.05, 0) is 31.5 Å². The molecular formula is C21H29N5O4S2. The lowest BCUT2D eigenvalue weighted by Gasteiger charge is -2.18. The molecule has 0 aliphatic rings. The van der Waals surface area contributed by atoms with E-state index in [2.05, 4.69) is 22.4 Å². The first-order chi connectivity index (χ1) is 15.3. The zero-order valence-corrected chi connectivity index (χ0v) is 20.4. The van der Waals surface area contributed by atoms with Crippen LogP contribution in [0.2, 0.25) is 0 Å². The number of nitrogens with one attached hydrogen (secondary N) is 1. The van der Waals surface area contributed by atoms with Crippen molar-refractivity contribution in [2.45, 2.75) is 57.1 Å². The second-order valence-corrected chi connectivity index (χ2v) is 10.2. The molecule has 3 aromatic rings. The van der Waals surface area contributed by atoms with Crippen LogP contribution in [-0.2, 0) is 21.4 Å². The highest BCUT2D eigenvalue weighted by atomic mass is 32.2. The standard InChI is InChI=1S/C21H29N5O4S2/c1-5-8-11-26-18-10-9-16(32(28,29)25(6-2)7-3)13-17(18)22-21(26)31-14-19(27)23-20-12-15(4)24-30-20/h9-10,12-13H,5-8,11,14H2,1-4H3,(H,23,27). The van der Waals surface area contributed by atoms with E-state index in [1.54, 1.807) is 31.2 Å². The maximum atomic E-state index is 12.9. The van der Waals surface area contributed by atoms with Crippen LogP contribution in [0.1, 0.15) is 39.3 Å². The lowest BCUT2D eigenvalue weighted by Crippen LogP contribution is -2.30. The third-order valence-electron chi connectivity index (χ3n) is 4.99. The predicted molar refractivity (Wildman–Crippen MR) is 125 cm³/mol. The van der Waals surface area contributed by atoms with Gasteiger partial charge < -0.3 is 9.09 Å². The average molecular weight is 480 g/mol. The van der Waals surface area contributed by atoms with E-state index in [4.69, 9.17) is 4.52 Å². The molecule has 11 heteroatoms. The zero-order chi connectivity index (χ0) is 23.3. The number of sulfonamides is 1. The molecule has 9 nitrogen and oxygen atoms in total. The van der Waals surface area contributed by atoms with Gasteiger partial charge in [-0.15, -0.1) is 0 Å². The molecule has 32 heavy (non-hydrogen) atoms. The summed E-state index contributed by atoms with van der Waals surface area (Å²) < 4.78 is 34.3. The molecule has 2 aromatic heterocycles. The molecule has 0 aliphatic carbocycles. The molecule has 0 saturated carbocycles. The van der Waals surface area contributed by atoms with Crippen LogP contribution in [0.4, 0.5) is 5.88 Å². The van der Waals surface area contributed by atoms with E-state index in [1.165, 1.54) is 16.1 Å². The Morgan fingerprint density at radius 3 is 2.59 bits per heavy atom. The smallest absolute Gasteiger partial charge is 0.243 e. The number of unbranched alkanes of at least 4 members (excludes halogenated alkanes) is 1. The second-order valence-electron chi connectivity index (χ2n) is 7.31. The molecule has 0 bridgehead atoms. The number of aromatic nitrogens is 3. The van der Waals surface area contributed by atoms with Gasteiger partial charge in [-0.3, -0.25) is 10.1 Å². The number of benzene rings is 1. The molecule has 2 heterocycles. The molecule has 0 atom stereocenters. The summed E-state index contributed by atoms with van der Waals surface area (Å²) in [6, 6.07) is 6.70. The molecule has 0 spiro atoms. The van der Waals surface area contributed by atoms with E-state index in [-0.39, 0.29) is 16.6 Å². The summed E-state index contributed by atoms with van der Waals surface area (Å²) in [6.07, 6.45) is 1.95. The highest BCUT2D eigenvalue weighted by molar-refractivity contribution is 7.99. The van der Waals surface area contributed by atoms with Gasteiger partial charge in [0.1, 0.15) is 0 Å². The van der Waals surface area contributed by atoms with Crippen LogP contribution in [-0.4, -0.2) is 52.2 Å². The van der Waals surface area contributed by atoms with Gasteiger partial charge >= 0.3 is 0 Å². The minimum absolute atomic E-state index is 0.139. The summed E-state index contributed by atoms with van der Waals surface area (Å²) in [5.74, 6) is 0.212. The average Bonchev–Trinajstić information content (AvgIpc) is 3.33. The monoisotopic (exact) mass is 479 g/mol. The number of carbonyl (C=O) groups excluding carboxylic acids is 1. The molecule has 0 saturated heterocycles. The normalized spacial score (nSPS) is 12.0.